The molecule has 0 unspecified atom stereocenters. The number of amides is 1. The van der Waals surface area contributed by atoms with Crippen LogP contribution < -0.4 is 4.31 Å². The van der Waals surface area contributed by atoms with Crippen molar-refractivity contribution in [3.8, 4) is 0 Å². The third-order valence-corrected chi connectivity index (χ3v) is 6.83. The van der Waals surface area contributed by atoms with Crippen LogP contribution >= 0.6 is 0 Å². The normalized spacial score (nSPS) is 21.7. The molecule has 1 aromatic rings. The first-order chi connectivity index (χ1) is 11.2. The van der Waals surface area contributed by atoms with Gasteiger partial charge in [0.05, 0.1) is 10.9 Å². The molecule has 0 aliphatic carbocycles. The predicted octanol–water partition coefficient (Wildman–Crippen LogP) is 2.03. The van der Waals surface area contributed by atoms with Crippen LogP contribution in [0.25, 0.3) is 0 Å². The van der Waals surface area contributed by atoms with E-state index in [1.807, 2.05) is 12.1 Å². The Bertz CT molecular complexity index is 746. The first-order valence-corrected chi connectivity index (χ1v) is 9.48. The molecule has 0 N–H and O–H groups in total. The largest absolute Gasteiger partial charge is 0.336 e. The highest BCUT2D eigenvalue weighted by Crippen LogP contribution is 2.33. The number of halogens is 2. The van der Waals surface area contributed by atoms with E-state index < -0.39 is 27.1 Å². The molecule has 132 valence electrons. The van der Waals surface area contributed by atoms with Gasteiger partial charge in [0.25, 0.3) is 5.91 Å². The van der Waals surface area contributed by atoms with E-state index in [-0.39, 0.29) is 13.1 Å². The number of carbonyl (C=O) groups is 1. The summed E-state index contributed by atoms with van der Waals surface area (Å²) in [7, 11) is -3.69. The summed E-state index contributed by atoms with van der Waals surface area (Å²) in [6, 6.07) is 7.28. The zero-order chi connectivity index (χ0) is 17.5. The molecule has 1 saturated heterocycles. The summed E-state index contributed by atoms with van der Waals surface area (Å²) >= 11 is 0. The molecule has 0 radical (unpaired) electrons. The maximum atomic E-state index is 13.3. The van der Waals surface area contributed by atoms with Crippen LogP contribution in [0.2, 0.25) is 0 Å². The number of anilines is 1. The SMILES string of the molecule is CC(F)(F)C(=O)N1CCC[C@H](S(=O)(=O)N2CCc3ccccc32)C1. The Morgan fingerprint density at radius 1 is 1.25 bits per heavy atom. The highest BCUT2D eigenvalue weighted by atomic mass is 32.2. The van der Waals surface area contributed by atoms with Crippen LogP contribution in [0.4, 0.5) is 14.5 Å². The predicted molar refractivity (Wildman–Crippen MR) is 86.6 cm³/mol. The molecule has 24 heavy (non-hydrogen) atoms. The van der Waals surface area contributed by atoms with Gasteiger partial charge >= 0.3 is 5.92 Å². The Labute approximate surface area is 140 Å². The lowest BCUT2D eigenvalue weighted by Crippen LogP contribution is -2.52. The van der Waals surface area contributed by atoms with E-state index in [1.54, 1.807) is 12.1 Å². The van der Waals surface area contributed by atoms with Gasteiger partial charge in [-0.3, -0.25) is 9.10 Å². The number of benzene rings is 1. The molecule has 1 fully saturated rings. The lowest BCUT2D eigenvalue weighted by atomic mass is 10.1. The van der Waals surface area contributed by atoms with Crippen LogP contribution in [0.15, 0.2) is 24.3 Å². The number of likely N-dealkylation sites (tertiary alicyclic amines) is 1. The van der Waals surface area contributed by atoms with Crippen molar-refractivity contribution in [2.75, 3.05) is 23.9 Å². The standard InChI is InChI=1S/C16H20F2N2O3S/c1-16(17,18)15(21)19-9-4-6-13(11-19)24(22,23)20-10-8-12-5-2-3-7-14(12)20/h2-3,5,7,13H,4,6,8-11H2,1H3/t13-/m0/s1. The summed E-state index contributed by atoms with van der Waals surface area (Å²) in [6.07, 6.45) is 1.42. The Kier molecular flexibility index (Phi) is 4.27. The second kappa shape index (κ2) is 5.98. The molecule has 0 bridgehead atoms. The molecule has 0 spiro atoms. The Morgan fingerprint density at radius 2 is 1.96 bits per heavy atom. The van der Waals surface area contributed by atoms with Gasteiger partial charge in [-0.1, -0.05) is 18.2 Å². The Balaban J connectivity index is 1.82. The van der Waals surface area contributed by atoms with E-state index in [0.717, 1.165) is 10.5 Å². The highest BCUT2D eigenvalue weighted by Gasteiger charge is 2.43. The Hall–Kier alpha value is -1.70. The average molecular weight is 358 g/mol. The first-order valence-electron chi connectivity index (χ1n) is 7.98. The van der Waals surface area contributed by atoms with Gasteiger partial charge in [-0.2, -0.15) is 8.78 Å². The molecule has 1 atom stereocenters. The van der Waals surface area contributed by atoms with E-state index in [1.165, 1.54) is 4.31 Å². The number of fused-ring (bicyclic) bond motifs is 1. The molecular formula is C16H20F2N2O3S. The number of hydrogen-bond acceptors (Lipinski definition) is 3. The molecule has 8 heteroatoms. The van der Waals surface area contributed by atoms with Crippen molar-refractivity contribution >= 4 is 21.6 Å². The van der Waals surface area contributed by atoms with Crippen molar-refractivity contribution in [2.45, 2.75) is 37.4 Å². The van der Waals surface area contributed by atoms with E-state index in [4.69, 9.17) is 0 Å². The van der Waals surface area contributed by atoms with Crippen molar-refractivity contribution in [1.82, 2.24) is 4.90 Å². The minimum atomic E-state index is -3.69. The number of hydrogen-bond donors (Lipinski definition) is 0. The number of rotatable bonds is 3. The van der Waals surface area contributed by atoms with E-state index >= 15 is 0 Å². The number of piperidine rings is 1. The van der Waals surface area contributed by atoms with Crippen LogP contribution in [0, 0.1) is 0 Å². The molecule has 2 aliphatic heterocycles. The fourth-order valence-corrected chi connectivity index (χ4v) is 5.39. The van der Waals surface area contributed by atoms with Crippen molar-refractivity contribution in [3.05, 3.63) is 29.8 Å². The molecule has 3 rings (SSSR count). The lowest BCUT2D eigenvalue weighted by Gasteiger charge is -2.35. The van der Waals surface area contributed by atoms with Crippen molar-refractivity contribution in [1.29, 1.82) is 0 Å². The van der Waals surface area contributed by atoms with Crippen LogP contribution in [0.1, 0.15) is 25.3 Å². The second-order valence-corrected chi connectivity index (χ2v) is 8.54. The molecule has 0 saturated carbocycles. The van der Waals surface area contributed by atoms with Crippen LogP contribution in [0.3, 0.4) is 0 Å². The third-order valence-electron chi connectivity index (χ3n) is 4.61. The highest BCUT2D eigenvalue weighted by molar-refractivity contribution is 7.93. The fourth-order valence-electron chi connectivity index (χ4n) is 3.40. The van der Waals surface area contributed by atoms with Gasteiger partial charge in [-0.05, 0) is 30.9 Å². The summed E-state index contributed by atoms with van der Waals surface area (Å²) in [6.45, 7) is 0.897. The summed E-state index contributed by atoms with van der Waals surface area (Å²) in [5.74, 6) is -4.78. The number of para-hydroxylation sites is 1. The van der Waals surface area contributed by atoms with Gasteiger partial charge in [-0.15, -0.1) is 0 Å². The van der Waals surface area contributed by atoms with Crippen LogP contribution in [0.5, 0.6) is 0 Å². The average Bonchev–Trinajstić information content (AvgIpc) is 2.98. The number of sulfonamides is 1. The minimum Gasteiger partial charge on any atom is -0.336 e. The number of carbonyl (C=O) groups excluding carboxylic acids is 1. The molecular weight excluding hydrogens is 338 g/mol. The minimum absolute atomic E-state index is 0.171. The van der Waals surface area contributed by atoms with Crippen molar-refractivity contribution in [3.63, 3.8) is 0 Å². The lowest BCUT2D eigenvalue weighted by molar-refractivity contribution is -0.155. The quantitative estimate of drug-likeness (QED) is 0.831. The maximum absolute atomic E-state index is 13.3. The monoisotopic (exact) mass is 358 g/mol. The maximum Gasteiger partial charge on any atom is 0.322 e. The van der Waals surface area contributed by atoms with Crippen molar-refractivity contribution < 1.29 is 22.0 Å². The summed E-state index contributed by atoms with van der Waals surface area (Å²) in [4.78, 5) is 12.8. The van der Waals surface area contributed by atoms with Crippen LogP contribution in [-0.2, 0) is 21.2 Å². The van der Waals surface area contributed by atoms with Crippen molar-refractivity contribution in [2.24, 2.45) is 0 Å². The van der Waals surface area contributed by atoms with Gasteiger partial charge in [0, 0.05) is 26.6 Å². The number of alkyl halides is 2. The summed E-state index contributed by atoms with van der Waals surface area (Å²) in [5.41, 5.74) is 1.62. The molecule has 2 aliphatic rings. The zero-order valence-electron chi connectivity index (χ0n) is 13.4. The number of nitrogens with zero attached hydrogens (tertiary/aromatic N) is 2. The zero-order valence-corrected chi connectivity index (χ0v) is 14.2. The van der Waals surface area contributed by atoms with Gasteiger partial charge in [0.1, 0.15) is 0 Å². The topological polar surface area (TPSA) is 57.7 Å². The fraction of sp³-hybridized carbons (Fsp3) is 0.562. The summed E-state index contributed by atoms with van der Waals surface area (Å²) in [5, 5.41) is -0.844. The second-order valence-electron chi connectivity index (χ2n) is 6.40. The van der Waals surface area contributed by atoms with Gasteiger partial charge in [0.2, 0.25) is 10.0 Å². The molecule has 0 aromatic heterocycles. The van der Waals surface area contributed by atoms with Gasteiger partial charge < -0.3 is 4.90 Å². The molecule has 5 nitrogen and oxygen atoms in total. The molecule has 2 heterocycles. The van der Waals surface area contributed by atoms with Gasteiger partial charge in [-0.25, -0.2) is 8.42 Å². The van der Waals surface area contributed by atoms with Crippen LogP contribution in [-0.4, -0.2) is 50.0 Å². The van der Waals surface area contributed by atoms with E-state index in [0.29, 0.717) is 38.4 Å². The Morgan fingerprint density at radius 3 is 2.67 bits per heavy atom. The third kappa shape index (κ3) is 2.99. The first kappa shape index (κ1) is 17.1. The molecule has 1 aromatic carbocycles. The van der Waals surface area contributed by atoms with Gasteiger partial charge in [0.15, 0.2) is 0 Å². The van der Waals surface area contributed by atoms with E-state index in [2.05, 4.69) is 0 Å². The molecule has 1 amide bonds. The smallest absolute Gasteiger partial charge is 0.322 e. The summed E-state index contributed by atoms with van der Waals surface area (Å²) < 4.78 is 53.8. The van der Waals surface area contributed by atoms with E-state index in [9.17, 15) is 22.0 Å².